The van der Waals surface area contributed by atoms with E-state index in [-0.39, 0.29) is 15.5 Å². The zero-order valence-electron chi connectivity index (χ0n) is 13.3. The molecular weight excluding hydrogens is 368 g/mol. The van der Waals surface area contributed by atoms with Crippen molar-refractivity contribution in [3.63, 3.8) is 0 Å². The lowest BCUT2D eigenvalue weighted by Gasteiger charge is -2.26. The van der Waals surface area contributed by atoms with Crippen molar-refractivity contribution < 1.29 is 22.7 Å². The van der Waals surface area contributed by atoms with Crippen molar-refractivity contribution >= 4 is 39.0 Å². The van der Waals surface area contributed by atoms with E-state index < -0.39 is 16.0 Å². The molecule has 1 fully saturated rings. The molecule has 0 unspecified atom stereocenters. The summed E-state index contributed by atoms with van der Waals surface area (Å²) in [5, 5.41) is 1.51. The minimum atomic E-state index is -3.95. The summed E-state index contributed by atoms with van der Waals surface area (Å²) >= 11 is 0.997. The van der Waals surface area contributed by atoms with Gasteiger partial charge in [0.2, 0.25) is 5.95 Å². The van der Waals surface area contributed by atoms with Gasteiger partial charge in [0.05, 0.1) is 38.4 Å². The van der Waals surface area contributed by atoms with Gasteiger partial charge >= 0.3 is 5.97 Å². The zero-order valence-corrected chi connectivity index (χ0v) is 15.0. The molecule has 134 valence electrons. The molecule has 11 heteroatoms. The molecule has 0 amide bonds. The van der Waals surface area contributed by atoms with Gasteiger partial charge in [-0.3, -0.25) is 4.72 Å². The fourth-order valence-electron chi connectivity index (χ4n) is 2.26. The van der Waals surface area contributed by atoms with Crippen LogP contribution in [0.4, 0.5) is 11.6 Å². The monoisotopic (exact) mass is 384 g/mol. The number of anilines is 2. The Morgan fingerprint density at radius 2 is 2.00 bits per heavy atom. The van der Waals surface area contributed by atoms with Crippen LogP contribution in [-0.2, 0) is 19.5 Å². The number of thiophene rings is 1. The average Bonchev–Trinajstić information content (AvgIpc) is 3.13. The number of esters is 1. The number of hydrogen-bond donors (Lipinski definition) is 1. The quantitative estimate of drug-likeness (QED) is 0.759. The summed E-state index contributed by atoms with van der Waals surface area (Å²) in [5.41, 5.74) is 0.207. The molecule has 25 heavy (non-hydrogen) atoms. The van der Waals surface area contributed by atoms with Gasteiger partial charge in [-0.1, -0.05) is 0 Å². The maximum absolute atomic E-state index is 12.5. The number of carbonyl (C=O) groups is 1. The fraction of sp³-hybridized carbons (Fsp3) is 0.357. The van der Waals surface area contributed by atoms with E-state index in [9.17, 15) is 13.2 Å². The van der Waals surface area contributed by atoms with Crippen molar-refractivity contribution in [2.75, 3.05) is 43.0 Å². The predicted molar refractivity (Wildman–Crippen MR) is 91.5 cm³/mol. The molecule has 1 saturated heterocycles. The molecule has 2 aromatic heterocycles. The van der Waals surface area contributed by atoms with Gasteiger partial charge in [-0.2, -0.15) is 0 Å². The first-order valence-electron chi connectivity index (χ1n) is 7.34. The van der Waals surface area contributed by atoms with Gasteiger partial charge in [-0.15, -0.1) is 11.3 Å². The van der Waals surface area contributed by atoms with E-state index in [0.29, 0.717) is 32.3 Å². The van der Waals surface area contributed by atoms with E-state index in [1.54, 1.807) is 0 Å². The second-order valence-electron chi connectivity index (χ2n) is 5.08. The number of methoxy groups -OCH3 is 1. The van der Waals surface area contributed by atoms with E-state index in [1.807, 2.05) is 4.90 Å². The van der Waals surface area contributed by atoms with Gasteiger partial charge in [-0.25, -0.2) is 23.2 Å². The number of nitrogens with zero attached hydrogens (tertiary/aromatic N) is 3. The van der Waals surface area contributed by atoms with Gasteiger partial charge < -0.3 is 14.4 Å². The lowest BCUT2D eigenvalue weighted by atomic mass is 10.4. The predicted octanol–water partition coefficient (Wildman–Crippen LogP) is 0.962. The van der Waals surface area contributed by atoms with Crippen LogP contribution in [0.2, 0.25) is 0 Å². The summed E-state index contributed by atoms with van der Waals surface area (Å²) in [7, 11) is -2.75. The molecule has 9 nitrogen and oxygen atoms in total. The number of hydrogen-bond acceptors (Lipinski definition) is 9. The van der Waals surface area contributed by atoms with Gasteiger partial charge in [0.25, 0.3) is 10.0 Å². The van der Waals surface area contributed by atoms with E-state index >= 15 is 0 Å². The van der Waals surface area contributed by atoms with Crippen molar-refractivity contribution in [1.82, 2.24) is 9.97 Å². The van der Waals surface area contributed by atoms with Crippen LogP contribution < -0.4 is 9.62 Å². The summed E-state index contributed by atoms with van der Waals surface area (Å²) in [6, 6.07) is 1.35. The molecule has 0 aromatic carbocycles. The largest absolute Gasteiger partial charge is 0.465 e. The SMILES string of the molecule is COC(=O)c1sccc1S(=O)(=O)Nc1cnc(N2CCOCC2)nc1. The van der Waals surface area contributed by atoms with Crippen LogP contribution in [0.15, 0.2) is 28.7 Å². The van der Waals surface area contributed by atoms with Gasteiger partial charge in [0.15, 0.2) is 0 Å². The molecule has 0 saturated carbocycles. The summed E-state index contributed by atoms with van der Waals surface area (Å²) < 4.78 is 37.2. The number of carbonyl (C=O) groups excluding carboxylic acids is 1. The fourth-order valence-corrected chi connectivity index (χ4v) is 4.63. The molecule has 0 aliphatic carbocycles. The van der Waals surface area contributed by atoms with Crippen LogP contribution >= 0.6 is 11.3 Å². The van der Waals surface area contributed by atoms with Gasteiger partial charge in [0.1, 0.15) is 9.77 Å². The summed E-state index contributed by atoms with van der Waals surface area (Å²) in [5.74, 6) is -0.189. The van der Waals surface area contributed by atoms with Crippen molar-refractivity contribution in [2.24, 2.45) is 0 Å². The molecule has 1 aliphatic rings. The molecule has 3 heterocycles. The molecule has 1 N–H and O–H groups in total. The first-order valence-corrected chi connectivity index (χ1v) is 9.71. The van der Waals surface area contributed by atoms with Crippen LogP contribution in [0.5, 0.6) is 0 Å². The first kappa shape index (κ1) is 17.6. The Hall–Kier alpha value is -2.24. The van der Waals surface area contributed by atoms with Crippen molar-refractivity contribution in [3.05, 3.63) is 28.7 Å². The molecule has 2 aromatic rings. The third-order valence-electron chi connectivity index (χ3n) is 3.47. The summed E-state index contributed by atoms with van der Waals surface area (Å²) in [4.78, 5) is 21.9. The Balaban J connectivity index is 1.77. The van der Waals surface area contributed by atoms with Crippen molar-refractivity contribution in [3.8, 4) is 0 Å². The number of aromatic nitrogens is 2. The topological polar surface area (TPSA) is 111 Å². The third-order valence-corrected chi connectivity index (χ3v) is 5.92. The Labute approximate surface area is 148 Å². The second-order valence-corrected chi connectivity index (χ2v) is 7.65. The Morgan fingerprint density at radius 3 is 2.64 bits per heavy atom. The molecule has 0 bridgehead atoms. The number of morpholine rings is 1. The van der Waals surface area contributed by atoms with Gasteiger partial charge in [0, 0.05) is 13.1 Å². The van der Waals surface area contributed by atoms with Gasteiger partial charge in [-0.05, 0) is 11.4 Å². The Bertz CT molecular complexity index is 844. The number of rotatable bonds is 5. The maximum atomic E-state index is 12.5. The van der Waals surface area contributed by atoms with Crippen LogP contribution in [0.25, 0.3) is 0 Å². The highest BCUT2D eigenvalue weighted by Crippen LogP contribution is 2.25. The minimum absolute atomic E-state index is 0.0147. The number of nitrogens with one attached hydrogen (secondary N) is 1. The summed E-state index contributed by atoms with van der Waals surface area (Å²) in [6.45, 7) is 2.57. The van der Waals surface area contributed by atoms with Crippen LogP contribution in [0.1, 0.15) is 9.67 Å². The second kappa shape index (κ2) is 7.33. The normalized spacial score (nSPS) is 15.0. The van der Waals surface area contributed by atoms with Crippen molar-refractivity contribution in [1.29, 1.82) is 0 Å². The van der Waals surface area contributed by atoms with E-state index in [4.69, 9.17) is 4.74 Å². The minimum Gasteiger partial charge on any atom is -0.465 e. The maximum Gasteiger partial charge on any atom is 0.349 e. The highest BCUT2D eigenvalue weighted by Gasteiger charge is 2.25. The molecular formula is C14H16N4O5S2. The van der Waals surface area contributed by atoms with Crippen LogP contribution in [-0.4, -0.2) is 57.8 Å². The highest BCUT2D eigenvalue weighted by atomic mass is 32.2. The highest BCUT2D eigenvalue weighted by molar-refractivity contribution is 7.93. The number of ether oxygens (including phenoxy) is 2. The molecule has 0 spiro atoms. The lowest BCUT2D eigenvalue weighted by molar-refractivity contribution is 0.0602. The standard InChI is InChI=1S/C14H16N4O5S2/c1-22-13(19)12-11(2-7-24-12)25(20,21)17-10-8-15-14(16-9-10)18-3-5-23-6-4-18/h2,7-9,17H,3-6H2,1H3. The zero-order chi connectivity index (χ0) is 17.9. The first-order chi connectivity index (χ1) is 12.0. The van der Waals surface area contributed by atoms with E-state index in [2.05, 4.69) is 19.4 Å². The average molecular weight is 384 g/mol. The van der Waals surface area contributed by atoms with E-state index in [1.165, 1.54) is 30.9 Å². The lowest BCUT2D eigenvalue weighted by Crippen LogP contribution is -2.37. The summed E-state index contributed by atoms with van der Waals surface area (Å²) in [6.07, 6.45) is 2.78. The van der Waals surface area contributed by atoms with Crippen LogP contribution in [0.3, 0.4) is 0 Å². The Morgan fingerprint density at radius 1 is 1.32 bits per heavy atom. The molecule has 0 atom stereocenters. The smallest absolute Gasteiger partial charge is 0.349 e. The van der Waals surface area contributed by atoms with Crippen LogP contribution in [0, 0.1) is 0 Å². The molecule has 1 aliphatic heterocycles. The Kier molecular flexibility index (Phi) is 5.16. The van der Waals surface area contributed by atoms with Crippen molar-refractivity contribution in [2.45, 2.75) is 4.90 Å². The van der Waals surface area contributed by atoms with E-state index in [0.717, 1.165) is 11.3 Å². The third kappa shape index (κ3) is 3.89. The molecule has 0 radical (unpaired) electrons. The number of sulfonamides is 1. The molecule has 3 rings (SSSR count).